The van der Waals surface area contributed by atoms with Crippen molar-refractivity contribution in [2.45, 2.75) is 11.4 Å². The first-order chi connectivity index (χ1) is 8.51. The molecule has 0 spiro atoms. The summed E-state index contributed by atoms with van der Waals surface area (Å²) in [5, 5.41) is -0.0310. The second-order valence-corrected chi connectivity index (χ2v) is 6.06. The van der Waals surface area contributed by atoms with E-state index in [0.717, 1.165) is 5.56 Å². The van der Waals surface area contributed by atoms with Crippen molar-refractivity contribution in [3.8, 4) is 0 Å². The van der Waals surface area contributed by atoms with Gasteiger partial charge in [0.2, 0.25) is 10.0 Å². The van der Waals surface area contributed by atoms with Gasteiger partial charge in [-0.05, 0) is 18.2 Å². The minimum absolute atomic E-state index is 0.00217. The quantitative estimate of drug-likeness (QED) is 0.808. The van der Waals surface area contributed by atoms with Crippen LogP contribution in [0.5, 0.6) is 0 Å². The van der Waals surface area contributed by atoms with Gasteiger partial charge in [-0.3, -0.25) is 0 Å². The Hall–Kier alpha value is -1.37. The summed E-state index contributed by atoms with van der Waals surface area (Å²) in [7, 11) is -2.17. The highest BCUT2D eigenvalue weighted by molar-refractivity contribution is 7.89. The molecule has 0 amide bonds. The van der Waals surface area contributed by atoms with Gasteiger partial charge in [0.1, 0.15) is 10.0 Å². The first kappa shape index (κ1) is 13.1. The molecule has 0 unspecified atom stereocenters. The van der Waals surface area contributed by atoms with Crippen LogP contribution in [0.25, 0.3) is 0 Å². The van der Waals surface area contributed by atoms with Crippen LogP contribution in [0.1, 0.15) is 5.56 Å². The lowest BCUT2D eigenvalue weighted by Gasteiger charge is -2.16. The summed E-state index contributed by atoms with van der Waals surface area (Å²) in [6, 6.07) is 4.66. The molecule has 2 aromatic rings. The molecule has 0 radical (unpaired) electrons. The fraction of sp³-hybridized carbons (Fsp3) is 0.182. The monoisotopic (exact) mass is 286 g/mol. The molecule has 7 heteroatoms. The molecule has 2 rings (SSSR count). The van der Waals surface area contributed by atoms with E-state index in [2.05, 4.69) is 4.98 Å². The number of rotatable bonds is 4. The highest BCUT2D eigenvalue weighted by Crippen LogP contribution is 2.22. The fourth-order valence-corrected chi connectivity index (χ4v) is 3.04. The Morgan fingerprint density at radius 3 is 2.83 bits per heavy atom. The Labute approximate surface area is 110 Å². The van der Waals surface area contributed by atoms with Gasteiger partial charge in [0.15, 0.2) is 0 Å². The van der Waals surface area contributed by atoms with Crippen molar-refractivity contribution < 1.29 is 12.8 Å². The number of halogens is 1. The highest BCUT2D eigenvalue weighted by atomic mass is 35.5. The number of hydrogen-bond donors (Lipinski definition) is 0. The Kier molecular flexibility index (Phi) is 3.70. The van der Waals surface area contributed by atoms with Gasteiger partial charge in [-0.2, -0.15) is 4.31 Å². The average molecular weight is 287 g/mol. The SMILES string of the molecule is CN(Cc1ccoc1)S(=O)(=O)c1cccnc1Cl. The number of hydrogen-bond acceptors (Lipinski definition) is 4. The molecule has 0 fully saturated rings. The molecule has 0 saturated heterocycles. The second kappa shape index (κ2) is 5.09. The molecular weight excluding hydrogens is 276 g/mol. The minimum atomic E-state index is -3.65. The third kappa shape index (κ3) is 2.55. The molecule has 2 aromatic heterocycles. The molecular formula is C11H11ClN2O3S. The van der Waals surface area contributed by atoms with Gasteiger partial charge in [0.25, 0.3) is 0 Å². The summed E-state index contributed by atoms with van der Waals surface area (Å²) in [6.45, 7) is 0.212. The molecule has 0 aliphatic carbocycles. The highest BCUT2D eigenvalue weighted by Gasteiger charge is 2.24. The van der Waals surface area contributed by atoms with Gasteiger partial charge >= 0.3 is 0 Å². The zero-order valence-corrected chi connectivity index (χ0v) is 11.1. The van der Waals surface area contributed by atoms with Crippen LogP contribution in [0.2, 0.25) is 5.15 Å². The van der Waals surface area contributed by atoms with Gasteiger partial charge in [-0.25, -0.2) is 13.4 Å². The van der Waals surface area contributed by atoms with E-state index in [1.807, 2.05) is 0 Å². The van der Waals surface area contributed by atoms with Crippen LogP contribution in [0.4, 0.5) is 0 Å². The van der Waals surface area contributed by atoms with E-state index in [0.29, 0.717) is 0 Å². The number of aromatic nitrogens is 1. The topological polar surface area (TPSA) is 63.4 Å². The summed E-state index contributed by atoms with van der Waals surface area (Å²) < 4.78 is 30.6. The molecule has 18 heavy (non-hydrogen) atoms. The van der Waals surface area contributed by atoms with E-state index in [1.165, 1.54) is 42.2 Å². The van der Waals surface area contributed by atoms with E-state index in [4.69, 9.17) is 16.0 Å². The maximum absolute atomic E-state index is 12.3. The smallest absolute Gasteiger partial charge is 0.246 e. The molecule has 96 valence electrons. The standard InChI is InChI=1S/C11H11ClN2O3S/c1-14(7-9-4-6-17-8-9)18(15,16)10-3-2-5-13-11(10)12/h2-6,8H,7H2,1H3. The Balaban J connectivity index is 2.29. The lowest BCUT2D eigenvalue weighted by molar-refractivity contribution is 0.463. The lowest BCUT2D eigenvalue weighted by atomic mass is 10.3. The summed E-state index contributed by atoms with van der Waals surface area (Å²) in [6.07, 6.45) is 4.43. The van der Waals surface area contributed by atoms with Crippen LogP contribution in [-0.2, 0) is 16.6 Å². The third-order valence-electron chi connectivity index (χ3n) is 2.40. The zero-order valence-electron chi connectivity index (χ0n) is 9.58. The van der Waals surface area contributed by atoms with E-state index in [-0.39, 0.29) is 16.6 Å². The van der Waals surface area contributed by atoms with Gasteiger partial charge < -0.3 is 4.42 Å². The average Bonchev–Trinajstić information content (AvgIpc) is 2.82. The number of furan rings is 1. The van der Waals surface area contributed by atoms with Gasteiger partial charge in [0.05, 0.1) is 12.5 Å². The van der Waals surface area contributed by atoms with Crippen LogP contribution in [0.3, 0.4) is 0 Å². The van der Waals surface area contributed by atoms with E-state index in [1.54, 1.807) is 6.07 Å². The third-order valence-corrected chi connectivity index (χ3v) is 4.65. The molecule has 0 aromatic carbocycles. The van der Waals surface area contributed by atoms with Gasteiger partial charge in [-0.1, -0.05) is 11.6 Å². The predicted octanol–water partition coefficient (Wildman–Crippen LogP) is 2.15. The summed E-state index contributed by atoms with van der Waals surface area (Å²) in [4.78, 5) is 3.76. The van der Waals surface area contributed by atoms with E-state index < -0.39 is 10.0 Å². The summed E-state index contributed by atoms with van der Waals surface area (Å²) in [5.41, 5.74) is 0.765. The molecule has 0 N–H and O–H groups in total. The molecule has 0 aliphatic rings. The summed E-state index contributed by atoms with van der Waals surface area (Å²) in [5.74, 6) is 0. The number of pyridine rings is 1. The van der Waals surface area contributed by atoms with Crippen molar-refractivity contribution in [2.75, 3.05) is 7.05 Å². The van der Waals surface area contributed by atoms with Crippen molar-refractivity contribution in [3.05, 3.63) is 47.6 Å². The second-order valence-electron chi connectivity index (χ2n) is 3.69. The molecule has 5 nitrogen and oxygen atoms in total. The largest absolute Gasteiger partial charge is 0.472 e. The fourth-order valence-electron chi connectivity index (χ4n) is 1.46. The van der Waals surface area contributed by atoms with E-state index >= 15 is 0 Å². The van der Waals surface area contributed by atoms with Crippen molar-refractivity contribution >= 4 is 21.6 Å². The maximum atomic E-state index is 12.3. The first-order valence-corrected chi connectivity index (χ1v) is 6.91. The Bertz CT molecular complexity index is 625. The van der Waals surface area contributed by atoms with Gasteiger partial charge in [0, 0.05) is 25.4 Å². The van der Waals surface area contributed by atoms with Crippen LogP contribution >= 0.6 is 11.6 Å². The number of sulfonamides is 1. The molecule has 0 aliphatic heterocycles. The maximum Gasteiger partial charge on any atom is 0.246 e. The van der Waals surface area contributed by atoms with Crippen molar-refractivity contribution in [2.24, 2.45) is 0 Å². The van der Waals surface area contributed by atoms with Crippen molar-refractivity contribution in [3.63, 3.8) is 0 Å². The molecule has 0 bridgehead atoms. The van der Waals surface area contributed by atoms with Crippen LogP contribution in [0, 0.1) is 0 Å². The minimum Gasteiger partial charge on any atom is -0.472 e. The van der Waals surface area contributed by atoms with Crippen LogP contribution in [0.15, 0.2) is 46.2 Å². The first-order valence-electron chi connectivity index (χ1n) is 5.10. The molecule has 0 saturated carbocycles. The van der Waals surface area contributed by atoms with E-state index in [9.17, 15) is 8.42 Å². The van der Waals surface area contributed by atoms with Crippen LogP contribution in [-0.4, -0.2) is 24.8 Å². The number of nitrogens with zero attached hydrogens (tertiary/aromatic N) is 2. The van der Waals surface area contributed by atoms with Crippen LogP contribution < -0.4 is 0 Å². The van der Waals surface area contributed by atoms with Crippen molar-refractivity contribution in [1.82, 2.24) is 9.29 Å². The van der Waals surface area contributed by atoms with Crippen molar-refractivity contribution in [1.29, 1.82) is 0 Å². The molecule has 2 heterocycles. The zero-order chi connectivity index (χ0) is 13.2. The lowest BCUT2D eigenvalue weighted by Crippen LogP contribution is -2.26. The van der Waals surface area contributed by atoms with Gasteiger partial charge in [-0.15, -0.1) is 0 Å². The molecule has 0 atom stereocenters. The predicted molar refractivity (Wildman–Crippen MR) is 66.6 cm³/mol. The summed E-state index contributed by atoms with van der Waals surface area (Å²) >= 11 is 5.80. The normalized spacial score (nSPS) is 11.9. The Morgan fingerprint density at radius 2 is 2.22 bits per heavy atom. The Morgan fingerprint density at radius 1 is 1.44 bits per heavy atom.